The van der Waals surface area contributed by atoms with Gasteiger partial charge in [0.15, 0.2) is 0 Å². The van der Waals surface area contributed by atoms with Crippen LogP contribution in [0.3, 0.4) is 0 Å². The number of aromatic nitrogens is 9. The fraction of sp³-hybridized carbons (Fsp3) is 0.520. The molecule has 0 spiro atoms. The molecule has 200 valence electrons. The molecule has 0 amide bonds. The molecule has 3 aromatic heterocycles. The summed E-state index contributed by atoms with van der Waals surface area (Å²) in [5.74, 6) is 1.75. The van der Waals surface area contributed by atoms with Gasteiger partial charge >= 0.3 is 0 Å². The molecule has 4 aromatic rings. The summed E-state index contributed by atoms with van der Waals surface area (Å²) in [6, 6.07) is 6.10. The molecule has 0 unspecified atom stereocenters. The zero-order valence-electron chi connectivity index (χ0n) is 21.6. The molecule has 1 aromatic carbocycles. The molecule has 0 aliphatic rings. The number of nitrogens with zero attached hydrogens (tertiary/aromatic N) is 9. The molecule has 0 saturated heterocycles. The van der Waals surface area contributed by atoms with Crippen molar-refractivity contribution in [2.45, 2.75) is 86.9 Å². The summed E-state index contributed by atoms with van der Waals surface area (Å²) >= 11 is 0. The third kappa shape index (κ3) is 7.51. The van der Waals surface area contributed by atoms with Gasteiger partial charge in [0.2, 0.25) is 0 Å². The fourth-order valence-electron chi connectivity index (χ4n) is 3.16. The molecular formula is C25H37N9O3. The van der Waals surface area contributed by atoms with E-state index in [1.54, 1.807) is 14.0 Å². The van der Waals surface area contributed by atoms with Crippen molar-refractivity contribution in [2.75, 3.05) is 0 Å². The highest BCUT2D eigenvalue weighted by Gasteiger charge is 2.11. The van der Waals surface area contributed by atoms with Gasteiger partial charge in [0.1, 0.15) is 54.2 Å². The lowest BCUT2D eigenvalue weighted by Gasteiger charge is -2.12. The van der Waals surface area contributed by atoms with Gasteiger partial charge in [-0.2, -0.15) is 0 Å². The minimum absolute atomic E-state index is 0. The molecule has 37 heavy (non-hydrogen) atoms. The maximum atomic E-state index is 6.00. The second-order valence-electron chi connectivity index (χ2n) is 9.36. The van der Waals surface area contributed by atoms with Gasteiger partial charge in [0.25, 0.3) is 0 Å². The predicted molar refractivity (Wildman–Crippen MR) is 137 cm³/mol. The van der Waals surface area contributed by atoms with E-state index in [1.165, 1.54) is 0 Å². The van der Waals surface area contributed by atoms with Crippen molar-refractivity contribution in [1.82, 2.24) is 45.0 Å². The molecule has 0 atom stereocenters. The summed E-state index contributed by atoms with van der Waals surface area (Å²) in [7, 11) is 0. The summed E-state index contributed by atoms with van der Waals surface area (Å²) in [4.78, 5) is 0. The van der Waals surface area contributed by atoms with Gasteiger partial charge in [0, 0.05) is 36.3 Å². The number of ether oxygens (including phenoxy) is 3. The van der Waals surface area contributed by atoms with Crippen LogP contribution in [0.2, 0.25) is 0 Å². The highest BCUT2D eigenvalue weighted by Crippen LogP contribution is 2.29. The van der Waals surface area contributed by atoms with Gasteiger partial charge in [-0.1, -0.05) is 23.1 Å². The lowest BCUT2D eigenvalue weighted by Crippen LogP contribution is -2.02. The summed E-state index contributed by atoms with van der Waals surface area (Å²) in [5, 5.41) is 24.9. The van der Waals surface area contributed by atoms with E-state index in [1.807, 2.05) is 78.3 Å². The van der Waals surface area contributed by atoms with Crippen molar-refractivity contribution < 1.29 is 14.2 Å². The van der Waals surface area contributed by atoms with Crippen LogP contribution < -0.4 is 14.2 Å². The molecule has 0 fully saturated rings. The van der Waals surface area contributed by atoms with Crippen molar-refractivity contribution in [3.05, 3.63) is 53.9 Å². The number of hydrogen-bond acceptors (Lipinski definition) is 9. The molecular weight excluding hydrogens is 474 g/mol. The van der Waals surface area contributed by atoms with Crippen molar-refractivity contribution in [3.63, 3.8) is 0 Å². The molecule has 4 rings (SSSR count). The molecule has 0 radical (unpaired) electrons. The van der Waals surface area contributed by atoms with Gasteiger partial charge in [-0.05, 0) is 41.5 Å². The molecule has 0 aliphatic carbocycles. The molecule has 0 saturated carbocycles. The van der Waals surface area contributed by atoms with Crippen LogP contribution in [0.4, 0.5) is 0 Å². The smallest absolute Gasteiger partial charge is 0.134 e. The predicted octanol–water partition coefficient (Wildman–Crippen LogP) is 4.58. The number of benzene rings is 1. The normalized spacial score (nSPS) is 11.3. The van der Waals surface area contributed by atoms with Crippen LogP contribution in [-0.4, -0.2) is 45.0 Å². The minimum Gasteiger partial charge on any atom is -0.487 e. The van der Waals surface area contributed by atoms with E-state index in [4.69, 9.17) is 14.2 Å². The number of rotatable bonds is 12. The van der Waals surface area contributed by atoms with Crippen molar-refractivity contribution in [2.24, 2.45) is 0 Å². The summed E-state index contributed by atoms with van der Waals surface area (Å²) in [6.07, 6.45) is 5.62. The van der Waals surface area contributed by atoms with Gasteiger partial charge < -0.3 is 14.2 Å². The van der Waals surface area contributed by atoms with Crippen LogP contribution in [0.15, 0.2) is 36.8 Å². The first-order valence-corrected chi connectivity index (χ1v) is 12.0. The van der Waals surface area contributed by atoms with E-state index in [2.05, 4.69) is 30.9 Å². The Kier molecular flexibility index (Phi) is 9.20. The Morgan fingerprint density at radius 1 is 0.541 bits per heavy atom. The van der Waals surface area contributed by atoms with Crippen molar-refractivity contribution in [3.8, 4) is 17.2 Å². The topological polar surface area (TPSA) is 120 Å². The Bertz CT molecular complexity index is 1090. The number of hydrogen-bond donors (Lipinski definition) is 0. The maximum Gasteiger partial charge on any atom is 0.134 e. The van der Waals surface area contributed by atoms with Gasteiger partial charge in [-0.25, -0.2) is 14.0 Å². The van der Waals surface area contributed by atoms with E-state index in [9.17, 15) is 0 Å². The van der Waals surface area contributed by atoms with Crippen LogP contribution in [0, 0.1) is 0 Å². The first-order valence-electron chi connectivity index (χ1n) is 12.0. The Morgan fingerprint density at radius 3 is 1.03 bits per heavy atom. The maximum absolute atomic E-state index is 6.00. The third-order valence-corrected chi connectivity index (χ3v) is 5.27. The van der Waals surface area contributed by atoms with Crippen LogP contribution in [0.5, 0.6) is 17.2 Å². The first-order chi connectivity index (χ1) is 17.3. The molecule has 12 heteroatoms. The van der Waals surface area contributed by atoms with Gasteiger partial charge in [0.05, 0.1) is 18.6 Å². The average molecular weight is 512 g/mol. The third-order valence-electron chi connectivity index (χ3n) is 5.27. The minimum atomic E-state index is 0. The Morgan fingerprint density at radius 2 is 0.811 bits per heavy atom. The Labute approximate surface area is 217 Å². The zero-order chi connectivity index (χ0) is 25.7. The Balaban J connectivity index is 0.00000380. The monoisotopic (exact) mass is 511 g/mol. The second kappa shape index (κ2) is 12.3. The van der Waals surface area contributed by atoms with Crippen molar-refractivity contribution in [1.29, 1.82) is 0 Å². The van der Waals surface area contributed by atoms with Crippen LogP contribution in [-0.2, 0) is 19.8 Å². The molecule has 0 aliphatic heterocycles. The first kappa shape index (κ1) is 27.6. The highest BCUT2D eigenvalue weighted by molar-refractivity contribution is 5.42. The lowest BCUT2D eigenvalue weighted by atomic mass is 10.3. The molecule has 0 N–H and O–H groups in total. The summed E-state index contributed by atoms with van der Waals surface area (Å²) in [6.45, 7) is 13.1. The zero-order valence-corrected chi connectivity index (χ0v) is 21.6. The van der Waals surface area contributed by atoms with E-state index in [-0.39, 0.29) is 45.4 Å². The largest absolute Gasteiger partial charge is 0.487 e. The second-order valence-corrected chi connectivity index (χ2v) is 9.36. The average Bonchev–Trinajstić information content (AvgIpc) is 3.61. The van der Waals surface area contributed by atoms with Crippen LogP contribution in [0.1, 0.15) is 84.2 Å². The molecule has 0 bridgehead atoms. The van der Waals surface area contributed by atoms with Crippen molar-refractivity contribution >= 4 is 0 Å². The molecule has 12 nitrogen and oxygen atoms in total. The Hall–Kier alpha value is -3.96. The van der Waals surface area contributed by atoms with Crippen LogP contribution in [0.25, 0.3) is 0 Å². The van der Waals surface area contributed by atoms with E-state index in [0.29, 0.717) is 17.2 Å². The lowest BCUT2D eigenvalue weighted by molar-refractivity contribution is 0.270. The SMILES string of the molecule is C.CC(C)n1cc(COc2cc(OCc3cn(C(C)C)nn3)cc(OCc3cn(C(C)C)nn3)c2)nn1. The summed E-state index contributed by atoms with van der Waals surface area (Å²) < 4.78 is 23.4. The highest BCUT2D eigenvalue weighted by atomic mass is 16.5. The van der Waals surface area contributed by atoms with Gasteiger partial charge in [-0.15, -0.1) is 15.3 Å². The fourth-order valence-corrected chi connectivity index (χ4v) is 3.16. The molecule has 3 heterocycles. The van der Waals surface area contributed by atoms with E-state index >= 15 is 0 Å². The summed E-state index contributed by atoms with van der Waals surface area (Å²) in [5.41, 5.74) is 2.19. The van der Waals surface area contributed by atoms with E-state index < -0.39 is 0 Å². The van der Waals surface area contributed by atoms with Gasteiger partial charge in [-0.3, -0.25) is 0 Å². The standard InChI is InChI=1S/C24H33N9O3.CH4/c1-16(2)31-10-19(25-28-31)13-34-22-7-23(35-14-20-11-32(17(3)4)29-26-20)9-24(8-22)36-15-21-12-33(18(5)6)30-27-21;/h7-12,16-18H,13-15H2,1-6H3;1H4. The quantitative estimate of drug-likeness (QED) is 0.269. The van der Waals surface area contributed by atoms with E-state index in [0.717, 1.165) is 17.1 Å². The van der Waals surface area contributed by atoms with Crippen LogP contribution >= 0.6 is 0 Å².